The Morgan fingerprint density at radius 2 is 1.25 bits per heavy atom. The molecule has 4 rings (SSSR count). The molecule has 0 bridgehead atoms. The number of nitrogens with zero attached hydrogens (tertiary/aromatic N) is 1. The Kier molecular flexibility index (Phi) is 12.6. The quantitative estimate of drug-likeness (QED) is 0.134. The Morgan fingerprint density at radius 3 is 1.81 bits per heavy atom. The monoisotopic (exact) mass is 654 g/mol. The van der Waals surface area contributed by atoms with Crippen LogP contribution in [-0.4, -0.2) is 63.2 Å². The summed E-state index contributed by atoms with van der Waals surface area (Å²) in [6.45, 7) is 5.11. The number of rotatable bonds is 13. The van der Waals surface area contributed by atoms with Crippen molar-refractivity contribution in [3.05, 3.63) is 132 Å². The highest BCUT2D eigenvalue weighted by molar-refractivity contribution is 6.02. The molecule has 0 saturated heterocycles. The zero-order valence-corrected chi connectivity index (χ0v) is 27.2. The largest absolute Gasteiger partial charge is 0.444 e. The predicted molar refractivity (Wildman–Crippen MR) is 181 cm³/mol. The summed E-state index contributed by atoms with van der Waals surface area (Å²) in [6.07, 6.45) is -2.69. The summed E-state index contributed by atoms with van der Waals surface area (Å²) >= 11 is 0. The van der Waals surface area contributed by atoms with E-state index in [0.717, 1.165) is 11.1 Å². The van der Waals surface area contributed by atoms with Gasteiger partial charge in [0, 0.05) is 6.20 Å². The molecule has 0 radical (unpaired) electrons. The van der Waals surface area contributed by atoms with Crippen LogP contribution in [0.1, 0.15) is 48.0 Å². The standard InChI is InChI=1S/C37H42N4O7/c1-37(2,3)48-36(46)41-31(23-26-16-8-5-9-17-26)33(43)32(42)30(22-25-14-6-4-7-15-25)39-34(44)28-19-10-11-20-29(28)40-35(45)47-24-27-18-12-13-21-38-27/h4-21,30-33,42-43H,22-24H2,1-3H3,(H,39,44)(H,40,45)(H,41,46)/t30-,31-,32-,33+/m0/s1. The molecule has 11 nitrogen and oxygen atoms in total. The highest BCUT2D eigenvalue weighted by Crippen LogP contribution is 2.19. The molecule has 0 spiro atoms. The summed E-state index contributed by atoms with van der Waals surface area (Å²) in [5, 5.41) is 31.4. The Hall–Kier alpha value is -5.26. The van der Waals surface area contributed by atoms with Crippen LogP contribution in [-0.2, 0) is 28.9 Å². The second-order valence-electron chi connectivity index (χ2n) is 12.3. The number of nitrogens with one attached hydrogen (secondary N) is 3. The van der Waals surface area contributed by atoms with Crippen molar-refractivity contribution in [3.63, 3.8) is 0 Å². The van der Waals surface area contributed by atoms with Crippen molar-refractivity contribution in [1.29, 1.82) is 0 Å². The van der Waals surface area contributed by atoms with E-state index in [1.54, 1.807) is 63.4 Å². The molecule has 0 fully saturated rings. The van der Waals surface area contributed by atoms with Crippen LogP contribution < -0.4 is 16.0 Å². The lowest BCUT2D eigenvalue weighted by Gasteiger charge is -2.33. The van der Waals surface area contributed by atoms with E-state index in [0.29, 0.717) is 5.69 Å². The van der Waals surface area contributed by atoms with Gasteiger partial charge in [0.1, 0.15) is 24.4 Å². The number of aliphatic hydroxyl groups excluding tert-OH is 2. The fourth-order valence-electron chi connectivity index (χ4n) is 4.99. The van der Waals surface area contributed by atoms with Crippen LogP contribution >= 0.6 is 0 Å². The lowest BCUT2D eigenvalue weighted by molar-refractivity contribution is -0.0258. The zero-order valence-electron chi connectivity index (χ0n) is 27.2. The van der Waals surface area contributed by atoms with Crippen molar-refractivity contribution >= 4 is 23.8 Å². The van der Waals surface area contributed by atoms with Gasteiger partial charge in [-0.1, -0.05) is 78.9 Å². The van der Waals surface area contributed by atoms with Gasteiger partial charge in [-0.2, -0.15) is 0 Å². The van der Waals surface area contributed by atoms with Crippen molar-refractivity contribution in [1.82, 2.24) is 15.6 Å². The van der Waals surface area contributed by atoms with Crippen LogP contribution in [0.5, 0.6) is 0 Å². The molecule has 1 aromatic heterocycles. The van der Waals surface area contributed by atoms with Gasteiger partial charge in [0.15, 0.2) is 0 Å². The van der Waals surface area contributed by atoms with E-state index in [9.17, 15) is 24.6 Å². The molecule has 252 valence electrons. The third-order valence-corrected chi connectivity index (χ3v) is 7.28. The number of aromatic nitrogens is 1. The summed E-state index contributed by atoms with van der Waals surface area (Å²) in [5.74, 6) is -0.609. The minimum absolute atomic E-state index is 0.0637. The van der Waals surface area contributed by atoms with Gasteiger partial charge < -0.3 is 30.3 Å². The average Bonchev–Trinajstić information content (AvgIpc) is 3.07. The molecule has 48 heavy (non-hydrogen) atoms. The van der Waals surface area contributed by atoms with E-state index < -0.39 is 48.0 Å². The van der Waals surface area contributed by atoms with Crippen molar-refractivity contribution in [2.24, 2.45) is 0 Å². The van der Waals surface area contributed by atoms with E-state index in [-0.39, 0.29) is 30.7 Å². The van der Waals surface area contributed by atoms with Crippen molar-refractivity contribution in [3.8, 4) is 0 Å². The Bertz CT molecular complexity index is 1620. The van der Waals surface area contributed by atoms with E-state index in [1.165, 1.54) is 6.07 Å². The number of para-hydroxylation sites is 1. The number of amides is 3. The van der Waals surface area contributed by atoms with Gasteiger partial charge in [0.25, 0.3) is 5.91 Å². The Labute approximate surface area is 280 Å². The van der Waals surface area contributed by atoms with Crippen LogP contribution in [0.2, 0.25) is 0 Å². The first-order chi connectivity index (χ1) is 23.0. The summed E-state index contributed by atoms with van der Waals surface area (Å²) in [7, 11) is 0. The number of aliphatic hydroxyl groups is 2. The van der Waals surface area contributed by atoms with Crippen LogP contribution in [0, 0.1) is 0 Å². The third kappa shape index (κ3) is 11.2. The van der Waals surface area contributed by atoms with Gasteiger partial charge in [-0.3, -0.25) is 15.1 Å². The summed E-state index contributed by atoms with van der Waals surface area (Å²) in [4.78, 5) is 43.3. The normalized spacial score (nSPS) is 13.7. The Morgan fingerprint density at radius 1 is 0.708 bits per heavy atom. The van der Waals surface area contributed by atoms with Crippen molar-refractivity contribution < 1.29 is 34.1 Å². The molecule has 4 aromatic rings. The fourth-order valence-corrected chi connectivity index (χ4v) is 4.99. The fraction of sp³-hybridized carbons (Fsp3) is 0.297. The van der Waals surface area contributed by atoms with Crippen molar-refractivity contribution in [2.75, 3.05) is 5.32 Å². The zero-order chi connectivity index (χ0) is 34.5. The molecule has 0 saturated carbocycles. The topological polar surface area (TPSA) is 159 Å². The molecule has 3 aromatic carbocycles. The number of hydrogen-bond acceptors (Lipinski definition) is 8. The van der Waals surface area contributed by atoms with Crippen LogP contribution in [0.3, 0.4) is 0 Å². The lowest BCUT2D eigenvalue weighted by Crippen LogP contribution is -2.57. The number of ether oxygens (including phenoxy) is 2. The van der Waals surface area contributed by atoms with Crippen molar-refractivity contribution in [2.45, 2.75) is 70.1 Å². The number of carbonyl (C=O) groups is 3. The maximum atomic E-state index is 13.8. The average molecular weight is 655 g/mol. The van der Waals surface area contributed by atoms with Gasteiger partial charge in [-0.25, -0.2) is 9.59 Å². The number of anilines is 1. The first-order valence-corrected chi connectivity index (χ1v) is 15.7. The van der Waals surface area contributed by atoms with Gasteiger partial charge >= 0.3 is 12.2 Å². The SMILES string of the molecule is CC(C)(C)OC(=O)N[C@@H](Cc1ccccc1)[C@@H](O)[C@@H](O)[C@H](Cc1ccccc1)NC(=O)c1ccccc1NC(=O)OCc1ccccn1. The summed E-state index contributed by atoms with van der Waals surface area (Å²) in [6, 6.07) is 28.0. The summed E-state index contributed by atoms with van der Waals surface area (Å²) in [5.41, 5.74) is 1.66. The van der Waals surface area contributed by atoms with E-state index in [2.05, 4.69) is 20.9 Å². The second kappa shape index (κ2) is 17.1. The first kappa shape index (κ1) is 35.6. The Balaban J connectivity index is 1.55. The van der Waals surface area contributed by atoms with Gasteiger partial charge in [-0.15, -0.1) is 0 Å². The molecule has 0 aliphatic heterocycles. The van der Waals surface area contributed by atoms with Gasteiger partial charge in [0.2, 0.25) is 0 Å². The number of hydrogen-bond donors (Lipinski definition) is 5. The number of carbonyl (C=O) groups excluding carboxylic acids is 3. The predicted octanol–water partition coefficient (Wildman–Crippen LogP) is 5.03. The number of benzene rings is 3. The van der Waals surface area contributed by atoms with Gasteiger partial charge in [0.05, 0.1) is 29.0 Å². The smallest absolute Gasteiger partial charge is 0.412 e. The van der Waals surface area contributed by atoms with E-state index >= 15 is 0 Å². The third-order valence-electron chi connectivity index (χ3n) is 7.28. The molecule has 4 atom stereocenters. The first-order valence-electron chi connectivity index (χ1n) is 15.7. The van der Waals surface area contributed by atoms with Crippen LogP contribution in [0.25, 0.3) is 0 Å². The van der Waals surface area contributed by atoms with E-state index in [1.807, 2.05) is 60.7 Å². The minimum atomic E-state index is -1.54. The molecule has 0 unspecified atom stereocenters. The lowest BCUT2D eigenvalue weighted by atomic mass is 9.91. The molecule has 0 aliphatic rings. The molecular formula is C37H42N4O7. The highest BCUT2D eigenvalue weighted by atomic mass is 16.6. The van der Waals surface area contributed by atoms with E-state index in [4.69, 9.17) is 9.47 Å². The van der Waals surface area contributed by atoms with Gasteiger partial charge in [-0.05, 0) is 69.0 Å². The maximum Gasteiger partial charge on any atom is 0.412 e. The minimum Gasteiger partial charge on any atom is -0.444 e. The molecular weight excluding hydrogens is 612 g/mol. The molecule has 11 heteroatoms. The maximum absolute atomic E-state index is 13.8. The summed E-state index contributed by atoms with van der Waals surface area (Å²) < 4.78 is 10.7. The number of pyridine rings is 1. The molecule has 5 N–H and O–H groups in total. The second-order valence-corrected chi connectivity index (χ2v) is 12.3. The molecule has 0 aliphatic carbocycles. The number of alkyl carbamates (subject to hydrolysis) is 1. The highest BCUT2D eigenvalue weighted by Gasteiger charge is 2.35. The van der Waals surface area contributed by atoms with Crippen LogP contribution in [0.4, 0.5) is 15.3 Å². The molecule has 1 heterocycles. The van der Waals surface area contributed by atoms with Crippen LogP contribution in [0.15, 0.2) is 109 Å². The molecule has 3 amide bonds.